The zero-order valence-corrected chi connectivity index (χ0v) is 31.4. The van der Waals surface area contributed by atoms with Crippen molar-refractivity contribution in [3.63, 3.8) is 0 Å². The van der Waals surface area contributed by atoms with E-state index >= 15 is 0 Å². The van der Waals surface area contributed by atoms with Crippen molar-refractivity contribution in [2.24, 2.45) is 0 Å². The summed E-state index contributed by atoms with van der Waals surface area (Å²) in [7, 11) is 0.262. The fraction of sp³-hybridized carbons (Fsp3) is 0.562. The number of hydrogen-bond acceptors (Lipinski definition) is 3. The summed E-state index contributed by atoms with van der Waals surface area (Å²) in [5, 5.41) is 0. The van der Waals surface area contributed by atoms with Crippen molar-refractivity contribution in [3.05, 3.63) is 71.1 Å². The van der Waals surface area contributed by atoms with Crippen LogP contribution in [0.1, 0.15) is 101 Å². The maximum atomic E-state index is 2.65. The van der Waals surface area contributed by atoms with E-state index < -0.39 is 16.5 Å². The standard InChI is InChI=1S/C26H36BN2.C6H18GeNSi2/c1-17(2)21-11-9-12-22(18(3)4)25(21)28-15-16-29(27-28)26-23(19(5)6)13-10-14-24(26)20(7)8;1-9(2,3)8(7)10(4,5)6/h9-20H,1-8H3;1-6H3. The summed E-state index contributed by atoms with van der Waals surface area (Å²) in [6.45, 7) is 32.7. The first-order valence-corrected chi connectivity index (χ1v) is 22.6. The summed E-state index contributed by atoms with van der Waals surface area (Å²) in [6.07, 6.45) is 4.43. The van der Waals surface area contributed by atoms with Crippen molar-refractivity contribution in [1.29, 1.82) is 0 Å². The molecule has 212 valence electrons. The van der Waals surface area contributed by atoms with Crippen LogP contribution in [0, 0.1) is 0 Å². The average Bonchev–Trinajstić information content (AvgIpc) is 3.31. The quantitative estimate of drug-likeness (QED) is 0.272. The Labute approximate surface area is 253 Å². The fourth-order valence-corrected chi connectivity index (χ4v) is 13.3. The minimum atomic E-state index is -1.00. The fourth-order valence-electron chi connectivity index (χ4n) is 5.25. The van der Waals surface area contributed by atoms with Gasteiger partial charge in [0.05, 0.1) is 0 Å². The van der Waals surface area contributed by atoms with Gasteiger partial charge in [0.1, 0.15) is 0 Å². The Morgan fingerprint density at radius 2 is 0.821 bits per heavy atom. The van der Waals surface area contributed by atoms with Crippen LogP contribution in [0.15, 0.2) is 48.8 Å². The Morgan fingerprint density at radius 3 is 1.00 bits per heavy atom. The number of anilines is 2. The molecule has 4 radical (unpaired) electrons. The second-order valence-electron chi connectivity index (χ2n) is 14.1. The first kappa shape index (κ1) is 34.0. The van der Waals surface area contributed by atoms with E-state index in [1.165, 1.54) is 33.6 Å². The third-order valence-electron chi connectivity index (χ3n) is 7.18. The van der Waals surface area contributed by atoms with Crippen LogP contribution in [0.5, 0.6) is 0 Å². The van der Waals surface area contributed by atoms with Crippen LogP contribution >= 0.6 is 0 Å². The van der Waals surface area contributed by atoms with Crippen LogP contribution in [-0.4, -0.2) is 43.9 Å². The topological polar surface area (TPSA) is 9.72 Å². The Kier molecular flexibility index (Phi) is 11.9. The van der Waals surface area contributed by atoms with Crippen molar-refractivity contribution < 1.29 is 0 Å². The predicted molar refractivity (Wildman–Crippen MR) is 183 cm³/mol. The second kappa shape index (κ2) is 13.6. The third kappa shape index (κ3) is 8.64. The molecule has 0 aliphatic carbocycles. The molecule has 1 aliphatic rings. The molecule has 0 aromatic heterocycles. The van der Waals surface area contributed by atoms with Gasteiger partial charge in [-0.3, -0.25) is 0 Å². The molecule has 0 amide bonds. The number of rotatable bonds is 8. The van der Waals surface area contributed by atoms with Crippen LogP contribution in [0.3, 0.4) is 0 Å². The second-order valence-corrected chi connectivity index (χ2v) is 26.9. The van der Waals surface area contributed by atoms with Crippen molar-refractivity contribution in [3.8, 4) is 0 Å². The summed E-state index contributed by atoms with van der Waals surface area (Å²) >= 11 is 2.29. The van der Waals surface area contributed by atoms with Gasteiger partial charge >= 0.3 is 83.2 Å². The molecule has 0 saturated carbocycles. The Morgan fingerprint density at radius 1 is 0.564 bits per heavy atom. The van der Waals surface area contributed by atoms with Crippen LogP contribution in [-0.2, 0) is 0 Å². The van der Waals surface area contributed by atoms with Gasteiger partial charge in [-0.1, -0.05) is 91.8 Å². The molecular formula is C32H54BGeN3Si2. The summed E-state index contributed by atoms with van der Waals surface area (Å²) in [5.41, 5.74) is 8.29. The molecule has 3 nitrogen and oxygen atoms in total. The average molecular weight is 620 g/mol. The van der Waals surface area contributed by atoms with E-state index in [-0.39, 0.29) is 0 Å². The first-order chi connectivity index (χ1) is 17.9. The monoisotopic (exact) mass is 621 g/mol. The maximum absolute atomic E-state index is 2.65. The van der Waals surface area contributed by atoms with E-state index in [4.69, 9.17) is 0 Å². The summed E-state index contributed by atoms with van der Waals surface area (Å²) in [6, 6.07) is 13.5. The Bertz CT molecular complexity index is 979. The van der Waals surface area contributed by atoms with E-state index in [1.54, 1.807) is 0 Å². The number of para-hydroxylation sites is 2. The molecule has 0 atom stereocenters. The molecule has 39 heavy (non-hydrogen) atoms. The van der Waals surface area contributed by atoms with Gasteiger partial charge in [-0.2, -0.15) is 0 Å². The number of benzene rings is 2. The summed E-state index contributed by atoms with van der Waals surface area (Å²) < 4.78 is 2.65. The van der Waals surface area contributed by atoms with Crippen LogP contribution in [0.25, 0.3) is 0 Å². The van der Waals surface area contributed by atoms with Gasteiger partial charge < -0.3 is 9.62 Å². The third-order valence-corrected chi connectivity index (χ3v) is 22.3. The van der Waals surface area contributed by atoms with Gasteiger partial charge in [-0.05, 0) is 45.9 Å². The van der Waals surface area contributed by atoms with Gasteiger partial charge in [-0.15, -0.1) is 0 Å². The van der Waals surface area contributed by atoms with E-state index in [1.807, 2.05) is 0 Å². The molecule has 0 fully saturated rings. The van der Waals surface area contributed by atoms with Crippen LogP contribution in [0.4, 0.5) is 11.4 Å². The van der Waals surface area contributed by atoms with Gasteiger partial charge in [0.25, 0.3) is 0 Å². The predicted octanol–water partition coefficient (Wildman–Crippen LogP) is 9.55. The minimum absolute atomic E-state index is 0.480. The zero-order valence-electron chi connectivity index (χ0n) is 27.3. The van der Waals surface area contributed by atoms with E-state index in [2.05, 4.69) is 181 Å². The molecule has 0 unspecified atom stereocenters. The van der Waals surface area contributed by atoms with Gasteiger partial charge in [0.15, 0.2) is 0 Å². The van der Waals surface area contributed by atoms with E-state index in [0.717, 1.165) is 0 Å². The molecule has 3 rings (SSSR count). The normalized spacial score (nSPS) is 14.2. The van der Waals surface area contributed by atoms with Gasteiger partial charge in [0.2, 0.25) is 0 Å². The molecule has 2 aromatic rings. The summed E-state index contributed by atoms with van der Waals surface area (Å²) in [5.74, 6) is 1.92. The number of nitrogens with zero attached hydrogens (tertiary/aromatic N) is 3. The zero-order chi connectivity index (χ0) is 29.9. The van der Waals surface area contributed by atoms with Crippen LogP contribution in [0.2, 0.25) is 39.3 Å². The van der Waals surface area contributed by atoms with Gasteiger partial charge in [-0.25, -0.2) is 0 Å². The molecular weight excluding hydrogens is 566 g/mol. The van der Waals surface area contributed by atoms with Crippen molar-refractivity contribution >= 4 is 52.1 Å². The SMILES string of the molecule is CC(C)c1cccc(C(C)C)c1N1[B]N(c2c(C(C)C)cccc2C(C)C)C=C1.C[Si](C)(C)[N]([Ge])[Si](C)(C)C. The van der Waals surface area contributed by atoms with E-state index in [9.17, 15) is 0 Å². The Hall–Kier alpha value is -1.22. The van der Waals surface area contributed by atoms with Gasteiger partial charge in [0, 0.05) is 23.8 Å². The Balaban J connectivity index is 0.000000455. The summed E-state index contributed by atoms with van der Waals surface area (Å²) in [4.78, 5) is 4.65. The molecule has 7 heteroatoms. The molecule has 0 N–H and O–H groups in total. The van der Waals surface area contributed by atoms with Crippen LogP contribution < -0.4 is 9.62 Å². The molecule has 2 aromatic carbocycles. The van der Waals surface area contributed by atoms with E-state index in [0.29, 0.717) is 23.7 Å². The number of hydrogen-bond donors (Lipinski definition) is 0. The van der Waals surface area contributed by atoms with Crippen molar-refractivity contribution in [2.45, 2.75) is 118 Å². The van der Waals surface area contributed by atoms with Crippen molar-refractivity contribution in [1.82, 2.24) is 3.19 Å². The molecule has 0 saturated heterocycles. The molecule has 1 aliphatic heterocycles. The molecule has 1 heterocycles. The molecule has 0 bridgehead atoms. The first-order valence-electron chi connectivity index (χ1n) is 14.7. The van der Waals surface area contributed by atoms with Crippen molar-refractivity contribution in [2.75, 3.05) is 9.62 Å². The molecule has 0 spiro atoms.